The third-order valence-corrected chi connectivity index (χ3v) is 14.2. The molecule has 3 aromatic rings. The number of carbonyl (C=O) groups excluding carboxylic acids is 7. The summed E-state index contributed by atoms with van der Waals surface area (Å²) in [4.78, 5) is 152. The van der Waals surface area contributed by atoms with E-state index in [2.05, 4.69) is 35.6 Å². The highest BCUT2D eigenvalue weighted by Crippen LogP contribution is 2.23. The highest BCUT2D eigenvalue weighted by molar-refractivity contribution is 5.99. The Morgan fingerprint density at radius 2 is 1.10 bits per heavy atom. The van der Waals surface area contributed by atoms with Gasteiger partial charge in [0.2, 0.25) is 17.7 Å². The van der Waals surface area contributed by atoms with Gasteiger partial charge in [-0.3, -0.25) is 52.9 Å². The first-order chi connectivity index (χ1) is 41.3. The summed E-state index contributed by atoms with van der Waals surface area (Å²) in [5.74, 6) is -16.8. The van der Waals surface area contributed by atoms with Crippen LogP contribution in [-0.4, -0.2) is 250 Å². The molecule has 488 valence electrons. The van der Waals surface area contributed by atoms with Crippen LogP contribution >= 0.6 is 0 Å². The van der Waals surface area contributed by atoms with Gasteiger partial charge in [-0.25, -0.2) is 15.0 Å². The van der Waals surface area contributed by atoms with E-state index in [1.807, 2.05) is 5.32 Å². The fourth-order valence-electron chi connectivity index (χ4n) is 9.03. The van der Waals surface area contributed by atoms with Crippen LogP contribution in [0.15, 0.2) is 40.2 Å². The lowest BCUT2D eigenvalue weighted by Crippen LogP contribution is -2.59. The molecule has 22 N–H and O–H groups in total. The Morgan fingerprint density at radius 3 is 1.59 bits per heavy atom. The van der Waals surface area contributed by atoms with Crippen LogP contribution in [0.5, 0.6) is 0 Å². The number of aromatic amines is 1. The van der Waals surface area contributed by atoms with Crippen molar-refractivity contribution < 1.29 is 115 Å². The summed E-state index contributed by atoms with van der Waals surface area (Å²) in [6.07, 6.45) is -25.6. The number of carboxylic acids is 2. The summed E-state index contributed by atoms with van der Waals surface area (Å²) in [5, 5.41) is 150. The fourth-order valence-corrected chi connectivity index (χ4v) is 9.03. The molecular weight excluding hydrogens is 1170 g/mol. The number of guanidine groups is 1. The number of benzene rings is 1. The molecule has 3 amide bonds. The van der Waals surface area contributed by atoms with Crippen molar-refractivity contribution in [2.75, 3.05) is 26.4 Å². The van der Waals surface area contributed by atoms with Crippen molar-refractivity contribution in [3.05, 3.63) is 63.5 Å². The topological polar surface area (TPSA) is 609 Å². The molecule has 0 aliphatic rings. The number of fused-ring (bicyclic) bond motifs is 1. The van der Waals surface area contributed by atoms with Crippen molar-refractivity contribution in [3.63, 3.8) is 0 Å². The van der Waals surface area contributed by atoms with Crippen molar-refractivity contribution in [2.24, 2.45) is 34.2 Å². The van der Waals surface area contributed by atoms with Crippen LogP contribution in [0.4, 0.5) is 0 Å². The van der Waals surface area contributed by atoms with Gasteiger partial charge in [0.15, 0.2) is 40.3 Å². The molecule has 15 atom stereocenters. The molecule has 3 rings (SSSR count). The molecule has 0 saturated heterocycles. The molecule has 0 aliphatic heterocycles. The molecule has 0 fully saturated rings. The number of carboxylic acid groups (broad SMARTS) is 2. The summed E-state index contributed by atoms with van der Waals surface area (Å²) in [5.41, 5.74) is 11.8. The van der Waals surface area contributed by atoms with E-state index in [1.165, 1.54) is 18.3 Å². The van der Waals surface area contributed by atoms with Gasteiger partial charge >= 0.3 is 11.9 Å². The van der Waals surface area contributed by atoms with Crippen LogP contribution in [0.1, 0.15) is 92.2 Å². The van der Waals surface area contributed by atoms with E-state index in [9.17, 15) is 119 Å². The van der Waals surface area contributed by atoms with Gasteiger partial charge in [0.25, 0.3) is 5.56 Å². The molecule has 0 spiro atoms. The number of hydrogen-bond donors (Lipinski definition) is 20. The second-order valence-corrected chi connectivity index (χ2v) is 21.0. The molecular formula is C54H78N10O24. The molecule has 34 nitrogen and oxygen atoms in total. The number of aliphatic hydroxyl groups is 12. The van der Waals surface area contributed by atoms with Crippen molar-refractivity contribution in [2.45, 2.75) is 158 Å². The number of aliphatic carboxylic acids is 2. The van der Waals surface area contributed by atoms with Crippen LogP contribution in [-0.2, 0) is 51.2 Å². The predicted octanol–water partition coefficient (Wildman–Crippen LogP) is -7.80. The second-order valence-electron chi connectivity index (χ2n) is 21.0. The summed E-state index contributed by atoms with van der Waals surface area (Å²) in [6, 6.07) is -0.768. The van der Waals surface area contributed by atoms with Crippen molar-refractivity contribution in [1.82, 2.24) is 35.9 Å². The maximum atomic E-state index is 14.3. The standard InChI is InChI=1S/C54H78N10O24/c1-23(68)39(46(81)43(78)34(72)20-65)63-50(84)27(4-3-15-57-54(55)56)16-33(71)41(48(83)45(80)36(74)22-67)64-51(85)28(11-14-38(76)77)17-32(70)40(47(82)44(79)35(73)21-66)62-37(75)13-10-29(53(87)88)18-31(69)26-8-5-25(6-9-26)7-12-30-19-58-49-42(61-30)52(86)60-24(2)59-49/h5-6,8-9,19,27-29,34-36,39-41,43-48,65-67,72-74,78-83H,3-4,7,10-18,20-22H2,1-2H3,(H,62,75)(H,63,84)(H,64,85)(H,76,77)(H,87,88)(H4,55,56,57)(H,58,59,60,86)/t27-,28-,29-,34-,35-,36-,39-,40-,41-,43-,44-,45-,46-,47-,48-/m1/s1. The normalized spacial score (nSPS) is 16.7. The number of aryl methyl sites for hydroxylation is 3. The van der Waals surface area contributed by atoms with Crippen LogP contribution < -0.4 is 33.0 Å². The maximum absolute atomic E-state index is 14.3. The smallest absolute Gasteiger partial charge is 0.306 e. The number of ketones is 4. The summed E-state index contributed by atoms with van der Waals surface area (Å²) in [7, 11) is 0. The zero-order chi connectivity index (χ0) is 66.3. The number of amides is 3. The molecule has 2 aromatic heterocycles. The minimum atomic E-state index is -2.62. The van der Waals surface area contributed by atoms with Gasteiger partial charge in [0.1, 0.15) is 78.9 Å². The first-order valence-corrected chi connectivity index (χ1v) is 27.6. The Morgan fingerprint density at radius 1 is 0.614 bits per heavy atom. The Balaban J connectivity index is 1.90. The van der Waals surface area contributed by atoms with Gasteiger partial charge in [0, 0.05) is 56.0 Å². The number of nitrogens with zero attached hydrogens (tertiary/aromatic N) is 4. The fraction of sp³-hybridized carbons (Fsp3) is 0.593. The van der Waals surface area contributed by atoms with Crippen LogP contribution in [0.2, 0.25) is 0 Å². The van der Waals surface area contributed by atoms with E-state index in [-0.39, 0.29) is 29.7 Å². The van der Waals surface area contributed by atoms with Gasteiger partial charge in [0.05, 0.1) is 37.6 Å². The third kappa shape index (κ3) is 22.8. The molecule has 0 radical (unpaired) electrons. The minimum absolute atomic E-state index is 0.0550. The van der Waals surface area contributed by atoms with Crippen molar-refractivity contribution >= 4 is 69.9 Å². The number of hydrogen-bond acceptors (Lipinski definition) is 26. The number of rotatable bonds is 41. The van der Waals surface area contributed by atoms with Crippen molar-refractivity contribution in [3.8, 4) is 0 Å². The average Bonchev–Trinajstić information content (AvgIpc) is 2.06. The van der Waals surface area contributed by atoms with E-state index < -0.39 is 226 Å². The molecule has 88 heavy (non-hydrogen) atoms. The van der Waals surface area contributed by atoms with E-state index in [0.717, 1.165) is 12.5 Å². The number of aliphatic imine (C=N–C) groups is 1. The number of aliphatic hydroxyl groups excluding tert-OH is 12. The lowest BCUT2D eigenvalue weighted by Gasteiger charge is -2.32. The summed E-state index contributed by atoms with van der Waals surface area (Å²) < 4.78 is 0. The summed E-state index contributed by atoms with van der Waals surface area (Å²) >= 11 is 0. The lowest BCUT2D eigenvalue weighted by molar-refractivity contribution is -0.144. The quantitative estimate of drug-likeness (QED) is 0.0109. The van der Waals surface area contributed by atoms with E-state index in [4.69, 9.17) is 11.5 Å². The molecule has 0 saturated carbocycles. The first kappa shape index (κ1) is 74.5. The number of Topliss-reactive ketones (excluding diaryl/α,β-unsaturated/α-hetero) is 4. The van der Waals surface area contributed by atoms with Gasteiger partial charge in [-0.1, -0.05) is 24.3 Å². The molecule has 0 bridgehead atoms. The zero-order valence-corrected chi connectivity index (χ0v) is 47.9. The number of nitrogens with one attached hydrogen (secondary N) is 4. The van der Waals surface area contributed by atoms with Gasteiger partial charge < -0.3 is 104 Å². The minimum Gasteiger partial charge on any atom is -0.481 e. The summed E-state index contributed by atoms with van der Waals surface area (Å²) in [6.45, 7) is -1.35. The lowest BCUT2D eigenvalue weighted by atomic mass is 9.87. The van der Waals surface area contributed by atoms with Crippen LogP contribution in [0.25, 0.3) is 11.2 Å². The van der Waals surface area contributed by atoms with E-state index in [1.54, 1.807) is 19.1 Å². The van der Waals surface area contributed by atoms with Crippen LogP contribution in [0.3, 0.4) is 0 Å². The molecule has 0 unspecified atom stereocenters. The third-order valence-electron chi connectivity index (χ3n) is 14.2. The Labute approximate surface area is 500 Å². The highest BCUT2D eigenvalue weighted by atomic mass is 16.4. The molecule has 0 aliphatic carbocycles. The van der Waals surface area contributed by atoms with Crippen LogP contribution in [0, 0.1) is 24.7 Å². The molecule has 2 heterocycles. The second kappa shape index (κ2) is 35.9. The Bertz CT molecular complexity index is 2960. The van der Waals surface area contributed by atoms with E-state index >= 15 is 0 Å². The van der Waals surface area contributed by atoms with Crippen molar-refractivity contribution in [1.29, 1.82) is 0 Å². The zero-order valence-electron chi connectivity index (χ0n) is 47.9. The first-order valence-electron chi connectivity index (χ1n) is 27.6. The van der Waals surface area contributed by atoms with E-state index in [0.29, 0.717) is 24.4 Å². The highest BCUT2D eigenvalue weighted by Gasteiger charge is 2.43. The molecule has 34 heteroatoms. The predicted molar refractivity (Wildman–Crippen MR) is 301 cm³/mol. The number of H-pyrrole nitrogens is 1. The Kier molecular flexibility index (Phi) is 30.4. The maximum Gasteiger partial charge on any atom is 0.306 e. The van der Waals surface area contributed by atoms with Gasteiger partial charge in [-0.2, -0.15) is 0 Å². The monoisotopic (exact) mass is 1250 g/mol. The Hall–Kier alpha value is -7.74. The largest absolute Gasteiger partial charge is 0.481 e. The molecule has 1 aromatic carbocycles. The number of aromatic nitrogens is 4. The number of nitrogens with two attached hydrogens (primary N) is 2. The average molecular weight is 1250 g/mol. The van der Waals surface area contributed by atoms with Gasteiger partial charge in [-0.15, -0.1) is 0 Å². The number of carbonyl (C=O) groups is 9. The van der Waals surface area contributed by atoms with Gasteiger partial charge in [-0.05, 0) is 57.9 Å². The SMILES string of the molecule is CC(=O)[C@@H](NC(=O)[C@H](CCCN=C(N)N)CC(=O)[C@@H](NC(=O)[C@H](CCC(=O)O)CC(=O)[C@@H](NC(=O)CC[C@H](CC(=O)c1ccc(CCc2cnc3nc(C)[nH]c(=O)c3n2)cc1)C(=O)O)[C@@H](O)[C@H](O)[C@H](O)CO)[C@@H](O)[C@H](O)[C@H](O)CO)[C@@H](O)[C@H](O)[C@H](O)CO.